The molecule has 26 heavy (non-hydrogen) atoms. The summed E-state index contributed by atoms with van der Waals surface area (Å²) in [6.45, 7) is 0. The zero-order valence-electron chi connectivity index (χ0n) is 13.3. The molecule has 0 aliphatic rings. The molecular weight excluding hydrogens is 419 g/mol. The van der Waals surface area contributed by atoms with Gasteiger partial charge in [0, 0.05) is 10.2 Å². The van der Waals surface area contributed by atoms with Crippen LogP contribution in [0.15, 0.2) is 69.2 Å². The Morgan fingerprint density at radius 1 is 1.15 bits per heavy atom. The normalized spacial score (nSPS) is 11.2. The van der Waals surface area contributed by atoms with Gasteiger partial charge in [0.2, 0.25) is 0 Å². The first-order valence-electron chi connectivity index (χ1n) is 7.72. The Morgan fingerprint density at radius 3 is 2.69 bits per heavy atom. The molecule has 4 aromatic rings. The van der Waals surface area contributed by atoms with Gasteiger partial charge in [0.15, 0.2) is 10.8 Å². The van der Waals surface area contributed by atoms with Crippen LogP contribution in [0.4, 0.5) is 4.39 Å². The van der Waals surface area contributed by atoms with Crippen molar-refractivity contribution < 1.29 is 4.39 Å². The van der Waals surface area contributed by atoms with Gasteiger partial charge in [-0.25, -0.2) is 9.37 Å². The minimum atomic E-state index is -0.278. The zero-order chi connectivity index (χ0) is 18.1. The van der Waals surface area contributed by atoms with Gasteiger partial charge >= 0.3 is 0 Å². The van der Waals surface area contributed by atoms with Crippen molar-refractivity contribution in [1.29, 1.82) is 0 Å². The van der Waals surface area contributed by atoms with Crippen molar-refractivity contribution in [3.05, 3.63) is 80.9 Å². The van der Waals surface area contributed by atoms with Crippen molar-refractivity contribution in [3.8, 4) is 5.69 Å². The molecule has 2 heterocycles. The van der Waals surface area contributed by atoms with Gasteiger partial charge in [-0.1, -0.05) is 45.9 Å². The van der Waals surface area contributed by atoms with E-state index in [2.05, 4.69) is 31.1 Å². The van der Waals surface area contributed by atoms with E-state index in [4.69, 9.17) is 0 Å². The van der Waals surface area contributed by atoms with E-state index < -0.39 is 0 Å². The molecule has 0 saturated carbocycles. The fourth-order valence-electron chi connectivity index (χ4n) is 2.55. The number of nitrogens with zero attached hydrogens (tertiary/aromatic N) is 3. The first kappa shape index (κ1) is 17.0. The molecule has 0 fully saturated rings. The lowest BCUT2D eigenvalue weighted by molar-refractivity contribution is 0.617. The van der Waals surface area contributed by atoms with Gasteiger partial charge < -0.3 is 0 Å². The van der Waals surface area contributed by atoms with Crippen LogP contribution in [-0.2, 0) is 5.75 Å². The third-order valence-corrected chi connectivity index (χ3v) is 5.37. The van der Waals surface area contributed by atoms with E-state index in [0.29, 0.717) is 33.2 Å². The third kappa shape index (κ3) is 3.17. The number of hydrogen-bond acceptors (Lipinski definition) is 4. The summed E-state index contributed by atoms with van der Waals surface area (Å²) in [7, 11) is 0. The van der Waals surface area contributed by atoms with Crippen LogP contribution in [0.1, 0.15) is 5.56 Å². The van der Waals surface area contributed by atoms with Crippen molar-refractivity contribution in [2.75, 3.05) is 0 Å². The van der Waals surface area contributed by atoms with E-state index in [1.807, 2.05) is 24.3 Å². The monoisotopic (exact) mass is 430 g/mol. The van der Waals surface area contributed by atoms with Crippen molar-refractivity contribution in [2.24, 2.45) is 0 Å². The maximum Gasteiger partial charge on any atom is 0.269 e. The maximum absolute atomic E-state index is 13.9. The number of H-pyrrole nitrogens is 1. The van der Waals surface area contributed by atoms with Crippen LogP contribution >= 0.6 is 27.7 Å². The van der Waals surface area contributed by atoms with Gasteiger partial charge in [0.05, 0.1) is 11.9 Å². The molecule has 0 bridgehead atoms. The average Bonchev–Trinajstić information content (AvgIpc) is 3.11. The lowest BCUT2D eigenvalue weighted by atomic mass is 10.2. The number of rotatable bonds is 4. The Labute approximate surface area is 160 Å². The molecule has 0 aliphatic carbocycles. The number of fused-ring (bicyclic) bond motifs is 1. The highest BCUT2D eigenvalue weighted by Crippen LogP contribution is 2.25. The van der Waals surface area contributed by atoms with Crippen molar-refractivity contribution >= 4 is 38.7 Å². The average molecular weight is 431 g/mol. The number of hydrogen-bond donors (Lipinski definition) is 1. The van der Waals surface area contributed by atoms with E-state index >= 15 is 0 Å². The first-order valence-corrected chi connectivity index (χ1v) is 9.49. The van der Waals surface area contributed by atoms with Crippen molar-refractivity contribution in [1.82, 2.24) is 19.7 Å². The molecule has 5 nitrogen and oxygen atoms in total. The summed E-state index contributed by atoms with van der Waals surface area (Å²) >= 11 is 4.69. The lowest BCUT2D eigenvalue weighted by Gasteiger charge is -2.12. The molecule has 8 heteroatoms. The fourth-order valence-corrected chi connectivity index (χ4v) is 3.80. The second kappa shape index (κ2) is 7.05. The van der Waals surface area contributed by atoms with Crippen molar-refractivity contribution in [3.63, 3.8) is 0 Å². The van der Waals surface area contributed by atoms with E-state index in [1.54, 1.807) is 18.2 Å². The molecule has 2 aromatic carbocycles. The molecule has 0 radical (unpaired) electrons. The largest absolute Gasteiger partial charge is 0.269 e. The molecule has 0 atom stereocenters. The first-order chi connectivity index (χ1) is 12.6. The smallest absolute Gasteiger partial charge is 0.268 e. The van der Waals surface area contributed by atoms with Gasteiger partial charge in [-0.2, -0.15) is 5.10 Å². The Morgan fingerprint density at radius 2 is 1.92 bits per heavy atom. The van der Waals surface area contributed by atoms with E-state index in [1.165, 1.54) is 28.6 Å². The van der Waals surface area contributed by atoms with Crippen LogP contribution in [-0.4, -0.2) is 19.7 Å². The Kier molecular flexibility index (Phi) is 4.60. The van der Waals surface area contributed by atoms with E-state index in [-0.39, 0.29) is 11.4 Å². The van der Waals surface area contributed by atoms with Crippen LogP contribution < -0.4 is 5.56 Å². The third-order valence-electron chi connectivity index (χ3n) is 3.85. The fraction of sp³-hybridized carbons (Fsp3) is 0.0556. The summed E-state index contributed by atoms with van der Waals surface area (Å²) < 4.78 is 16.4. The number of thioether (sulfide) groups is 1. The molecule has 4 rings (SSSR count). The van der Waals surface area contributed by atoms with Gasteiger partial charge in [0.25, 0.3) is 5.56 Å². The Balaban J connectivity index is 1.82. The highest BCUT2D eigenvalue weighted by Gasteiger charge is 2.15. The van der Waals surface area contributed by atoms with Gasteiger partial charge in [-0.3, -0.25) is 14.5 Å². The summed E-state index contributed by atoms with van der Waals surface area (Å²) in [6.07, 6.45) is 1.46. The molecule has 1 N–H and O–H groups in total. The Hall–Kier alpha value is -2.45. The summed E-state index contributed by atoms with van der Waals surface area (Å²) in [5, 5.41) is 7.51. The minimum Gasteiger partial charge on any atom is -0.268 e. The highest BCUT2D eigenvalue weighted by atomic mass is 79.9. The summed E-state index contributed by atoms with van der Waals surface area (Å²) in [5.74, 6) is 0.0788. The molecular formula is C18H12BrFN4OS. The van der Waals surface area contributed by atoms with Crippen LogP contribution in [0.5, 0.6) is 0 Å². The van der Waals surface area contributed by atoms with Crippen LogP contribution in [0.25, 0.3) is 16.7 Å². The minimum absolute atomic E-state index is 0.220. The van der Waals surface area contributed by atoms with Gasteiger partial charge in [0.1, 0.15) is 11.2 Å². The van der Waals surface area contributed by atoms with Crippen LogP contribution in [0.2, 0.25) is 0 Å². The predicted molar refractivity (Wildman–Crippen MR) is 103 cm³/mol. The van der Waals surface area contributed by atoms with E-state index in [9.17, 15) is 9.18 Å². The molecule has 0 spiro atoms. The molecule has 130 valence electrons. The summed E-state index contributed by atoms with van der Waals surface area (Å²) in [4.78, 5) is 17.5. The van der Waals surface area contributed by atoms with Gasteiger partial charge in [-0.05, 0) is 35.9 Å². The number of aromatic amines is 1. The molecule has 0 amide bonds. The molecule has 2 aromatic heterocycles. The van der Waals surface area contributed by atoms with E-state index in [0.717, 1.165) is 4.47 Å². The van der Waals surface area contributed by atoms with Crippen LogP contribution in [0.3, 0.4) is 0 Å². The standard InChI is InChI=1S/C18H12BrFN4OS/c19-12-5-7-13(8-6-12)24-17(25)14-9-21-23-16(14)22-18(24)26-10-11-3-1-2-4-15(11)20/h1-9H,10H2,(H,21,23). The molecule has 0 saturated heterocycles. The zero-order valence-corrected chi connectivity index (χ0v) is 15.7. The predicted octanol–water partition coefficient (Wildman–Crippen LogP) is 4.30. The molecule has 0 unspecified atom stereocenters. The quantitative estimate of drug-likeness (QED) is 0.387. The second-order valence-corrected chi connectivity index (χ2v) is 7.38. The Bertz CT molecular complexity index is 1140. The number of aromatic nitrogens is 4. The summed E-state index contributed by atoms with van der Waals surface area (Å²) in [5.41, 5.74) is 1.44. The second-order valence-electron chi connectivity index (χ2n) is 5.52. The summed E-state index contributed by atoms with van der Waals surface area (Å²) in [6, 6.07) is 13.9. The number of nitrogens with one attached hydrogen (secondary N) is 1. The number of halogens is 2. The maximum atomic E-state index is 13.9. The lowest BCUT2D eigenvalue weighted by Crippen LogP contribution is -2.21. The highest BCUT2D eigenvalue weighted by molar-refractivity contribution is 9.10. The SMILES string of the molecule is O=c1c2cn[nH]c2nc(SCc2ccccc2F)n1-c1ccc(Br)cc1. The number of benzene rings is 2. The van der Waals surface area contributed by atoms with Gasteiger partial charge in [-0.15, -0.1) is 0 Å². The van der Waals surface area contributed by atoms with Crippen LogP contribution in [0, 0.1) is 5.82 Å². The topological polar surface area (TPSA) is 63.6 Å². The molecule has 0 aliphatic heterocycles. The van der Waals surface area contributed by atoms with Crippen molar-refractivity contribution in [2.45, 2.75) is 10.9 Å².